The Morgan fingerprint density at radius 2 is 1.62 bits per heavy atom. The Morgan fingerprint density at radius 1 is 0.969 bits per heavy atom. The molecule has 172 valence electrons. The van der Waals surface area contributed by atoms with E-state index in [4.69, 9.17) is 4.98 Å². The van der Waals surface area contributed by atoms with Crippen LogP contribution in [0.1, 0.15) is 30.5 Å². The fourth-order valence-corrected chi connectivity index (χ4v) is 5.92. The first kappa shape index (κ1) is 24.4. The van der Waals surface area contributed by atoms with Crippen LogP contribution in [0.4, 0.5) is 5.13 Å². The maximum atomic E-state index is 13.3. The van der Waals surface area contributed by atoms with Gasteiger partial charge in [0.25, 0.3) is 0 Å². The molecule has 1 heterocycles. The van der Waals surface area contributed by atoms with Crippen LogP contribution in [0.15, 0.2) is 41.3 Å². The number of amides is 1. The second kappa shape index (κ2) is 10.1. The summed E-state index contributed by atoms with van der Waals surface area (Å²) < 4.78 is 26.9. The summed E-state index contributed by atoms with van der Waals surface area (Å²) >= 11 is 1.44. The van der Waals surface area contributed by atoms with Gasteiger partial charge in [0.05, 0.1) is 15.1 Å². The van der Waals surface area contributed by atoms with Gasteiger partial charge in [-0.1, -0.05) is 48.9 Å². The molecule has 2 aromatic carbocycles. The Kier molecular flexibility index (Phi) is 7.69. The van der Waals surface area contributed by atoms with Gasteiger partial charge in [0, 0.05) is 13.1 Å². The number of carbonyl (C=O) groups is 1. The van der Waals surface area contributed by atoms with E-state index in [0.29, 0.717) is 18.2 Å². The summed E-state index contributed by atoms with van der Waals surface area (Å²) in [7, 11) is -3.75. The quantitative estimate of drug-likeness (QED) is 0.462. The van der Waals surface area contributed by atoms with Crippen molar-refractivity contribution in [1.29, 1.82) is 0 Å². The smallest absolute Gasteiger partial charge is 0.244 e. The molecule has 0 spiro atoms. The molecule has 3 aromatic rings. The summed E-state index contributed by atoms with van der Waals surface area (Å²) in [6, 6.07) is 10.7. The van der Waals surface area contributed by atoms with E-state index in [2.05, 4.69) is 24.8 Å². The Labute approximate surface area is 194 Å². The fraction of sp³-hybridized carbons (Fsp3) is 0.417. The van der Waals surface area contributed by atoms with Crippen molar-refractivity contribution in [2.24, 2.45) is 0 Å². The number of likely N-dealkylation sites (N-methyl/N-ethyl adjacent to an activating group) is 1. The molecule has 0 aliphatic rings. The van der Waals surface area contributed by atoms with Crippen LogP contribution in [0, 0.1) is 20.8 Å². The first-order chi connectivity index (χ1) is 15.1. The van der Waals surface area contributed by atoms with Crippen LogP contribution in [-0.4, -0.2) is 56.1 Å². The predicted octanol–water partition coefficient (Wildman–Crippen LogP) is 4.37. The molecule has 32 heavy (non-hydrogen) atoms. The molecule has 0 unspecified atom stereocenters. The highest BCUT2D eigenvalue weighted by atomic mass is 32.2. The van der Waals surface area contributed by atoms with E-state index in [9.17, 15) is 13.2 Å². The van der Waals surface area contributed by atoms with E-state index in [1.807, 2.05) is 26.8 Å². The monoisotopic (exact) mass is 473 g/mol. The number of benzene rings is 2. The molecule has 1 aromatic heterocycles. The van der Waals surface area contributed by atoms with Gasteiger partial charge >= 0.3 is 0 Å². The van der Waals surface area contributed by atoms with Crippen molar-refractivity contribution >= 4 is 42.4 Å². The zero-order chi connectivity index (χ0) is 23.5. The first-order valence-corrected chi connectivity index (χ1v) is 13.3. The molecule has 0 radical (unpaired) electrons. The van der Waals surface area contributed by atoms with Crippen molar-refractivity contribution < 1.29 is 13.2 Å². The zero-order valence-electron chi connectivity index (χ0n) is 19.4. The van der Waals surface area contributed by atoms with E-state index >= 15 is 0 Å². The second-order valence-corrected chi connectivity index (χ2v) is 11.0. The van der Waals surface area contributed by atoms with Crippen molar-refractivity contribution in [3.05, 3.63) is 53.1 Å². The molecular weight excluding hydrogens is 442 g/mol. The third-order valence-corrected chi connectivity index (χ3v) is 8.42. The maximum absolute atomic E-state index is 13.3. The van der Waals surface area contributed by atoms with Crippen molar-refractivity contribution in [3.63, 3.8) is 0 Å². The van der Waals surface area contributed by atoms with Gasteiger partial charge in [-0.05, 0) is 63.2 Å². The van der Waals surface area contributed by atoms with Gasteiger partial charge in [-0.15, -0.1) is 0 Å². The lowest BCUT2D eigenvalue weighted by Gasteiger charge is -2.24. The highest BCUT2D eigenvalue weighted by Crippen LogP contribution is 2.32. The van der Waals surface area contributed by atoms with Crippen LogP contribution in [-0.2, 0) is 14.6 Å². The van der Waals surface area contributed by atoms with Gasteiger partial charge in [-0.3, -0.25) is 9.69 Å². The largest absolute Gasteiger partial charge is 0.302 e. The van der Waals surface area contributed by atoms with Gasteiger partial charge in [0.1, 0.15) is 5.75 Å². The number of aromatic nitrogens is 1. The van der Waals surface area contributed by atoms with Crippen molar-refractivity contribution in [2.75, 3.05) is 36.8 Å². The van der Waals surface area contributed by atoms with Crippen LogP contribution in [0.5, 0.6) is 0 Å². The second-order valence-electron chi connectivity index (χ2n) is 8.07. The molecular formula is C24H31N3O3S2. The van der Waals surface area contributed by atoms with Crippen molar-refractivity contribution in [3.8, 4) is 0 Å². The standard InChI is InChI=1S/C24H31N3O3S2/c1-6-26(7-2)12-13-27(24-25-21-15-18(4)14-19(5)23(21)31-24)22(28)16-32(29,30)20-10-8-17(3)9-11-20/h8-11,14-15H,6-7,12-13,16H2,1-5H3. The van der Waals surface area contributed by atoms with Gasteiger partial charge < -0.3 is 4.90 Å². The number of nitrogens with zero attached hydrogens (tertiary/aromatic N) is 3. The lowest BCUT2D eigenvalue weighted by atomic mass is 10.1. The lowest BCUT2D eigenvalue weighted by Crippen LogP contribution is -2.41. The molecule has 0 bridgehead atoms. The van der Waals surface area contributed by atoms with Gasteiger partial charge in [-0.2, -0.15) is 0 Å². The van der Waals surface area contributed by atoms with E-state index < -0.39 is 21.5 Å². The molecule has 0 fully saturated rings. The molecule has 0 N–H and O–H groups in total. The van der Waals surface area contributed by atoms with Crippen LogP contribution in [0.2, 0.25) is 0 Å². The summed E-state index contributed by atoms with van der Waals surface area (Å²) in [5, 5.41) is 0.546. The number of thiazole rings is 1. The number of rotatable bonds is 9. The SMILES string of the molecule is CCN(CC)CCN(C(=O)CS(=O)(=O)c1ccc(C)cc1)c1nc2cc(C)cc(C)c2s1. The molecule has 0 aliphatic heterocycles. The molecule has 1 amide bonds. The average Bonchev–Trinajstić information content (AvgIpc) is 3.15. The van der Waals surface area contributed by atoms with Gasteiger partial charge in [0.15, 0.2) is 15.0 Å². The molecule has 6 nitrogen and oxygen atoms in total. The fourth-order valence-electron chi connectivity index (χ4n) is 3.66. The van der Waals surface area contributed by atoms with E-state index in [1.54, 1.807) is 29.2 Å². The van der Waals surface area contributed by atoms with Crippen molar-refractivity contribution in [1.82, 2.24) is 9.88 Å². The Balaban J connectivity index is 1.94. The maximum Gasteiger partial charge on any atom is 0.244 e. The normalized spacial score (nSPS) is 11.9. The number of fused-ring (bicyclic) bond motifs is 1. The number of aryl methyl sites for hydroxylation is 3. The van der Waals surface area contributed by atoms with E-state index in [0.717, 1.165) is 40.0 Å². The van der Waals surface area contributed by atoms with E-state index in [-0.39, 0.29) is 4.90 Å². The number of hydrogen-bond acceptors (Lipinski definition) is 6. The highest BCUT2D eigenvalue weighted by molar-refractivity contribution is 7.92. The number of sulfone groups is 1. The Hall–Kier alpha value is -2.29. The third-order valence-electron chi connectivity index (χ3n) is 5.57. The number of anilines is 1. The summed E-state index contributed by atoms with van der Waals surface area (Å²) in [4.78, 5) is 21.9. The van der Waals surface area contributed by atoms with Crippen molar-refractivity contribution in [2.45, 2.75) is 39.5 Å². The number of carbonyl (C=O) groups excluding carboxylic acids is 1. The van der Waals surface area contributed by atoms with Crippen LogP contribution in [0.25, 0.3) is 10.2 Å². The molecule has 0 saturated heterocycles. The molecule has 0 atom stereocenters. The third kappa shape index (κ3) is 5.54. The summed E-state index contributed by atoms with van der Waals surface area (Å²) in [5.74, 6) is -1.03. The number of hydrogen-bond donors (Lipinski definition) is 0. The molecule has 8 heteroatoms. The zero-order valence-corrected chi connectivity index (χ0v) is 21.0. The van der Waals surface area contributed by atoms with E-state index in [1.165, 1.54) is 11.3 Å². The Morgan fingerprint density at radius 3 is 2.25 bits per heavy atom. The average molecular weight is 474 g/mol. The topological polar surface area (TPSA) is 70.6 Å². The van der Waals surface area contributed by atoms with Crippen LogP contribution in [0.3, 0.4) is 0 Å². The summed E-state index contributed by atoms with van der Waals surface area (Å²) in [5.41, 5.74) is 4.02. The minimum atomic E-state index is -3.75. The Bertz CT molecular complexity index is 1200. The summed E-state index contributed by atoms with van der Waals surface area (Å²) in [6.07, 6.45) is 0. The predicted molar refractivity (Wildman–Crippen MR) is 132 cm³/mol. The molecule has 0 aliphatic carbocycles. The first-order valence-electron chi connectivity index (χ1n) is 10.8. The highest BCUT2D eigenvalue weighted by Gasteiger charge is 2.27. The van der Waals surface area contributed by atoms with Crippen LogP contribution >= 0.6 is 11.3 Å². The van der Waals surface area contributed by atoms with Gasteiger partial charge in [-0.25, -0.2) is 13.4 Å². The van der Waals surface area contributed by atoms with Gasteiger partial charge in [0.2, 0.25) is 5.91 Å². The lowest BCUT2D eigenvalue weighted by molar-refractivity contribution is -0.116. The molecule has 0 saturated carbocycles. The van der Waals surface area contributed by atoms with Crippen LogP contribution < -0.4 is 4.90 Å². The minimum Gasteiger partial charge on any atom is -0.302 e. The summed E-state index contributed by atoms with van der Waals surface area (Å²) in [6.45, 7) is 12.8. The molecule has 3 rings (SSSR count). The minimum absolute atomic E-state index is 0.163.